The third kappa shape index (κ3) is 5.10. The minimum Gasteiger partial charge on any atom is -0.497 e. The average Bonchev–Trinajstić information content (AvgIpc) is 2.66. The molecule has 2 N–H and O–H groups in total. The number of nitrogens with one attached hydrogen (secondary N) is 2. The number of carbonyl (C=O) groups excluding carboxylic acids is 2. The van der Waals surface area contributed by atoms with E-state index in [9.17, 15) is 14.0 Å². The van der Waals surface area contributed by atoms with E-state index in [0.29, 0.717) is 10.2 Å². The molecular weight excluding hydrogens is 423 g/mol. The van der Waals surface area contributed by atoms with Gasteiger partial charge in [-0.25, -0.2) is 4.39 Å². The van der Waals surface area contributed by atoms with Gasteiger partial charge < -0.3 is 14.2 Å². The lowest BCUT2D eigenvalue weighted by Crippen LogP contribution is -2.47. The first-order valence-electron chi connectivity index (χ1n) is 7.80. The van der Waals surface area contributed by atoms with Crippen LogP contribution >= 0.6 is 15.9 Å². The molecule has 2 aromatic rings. The Balaban J connectivity index is 2.03. The van der Waals surface area contributed by atoms with Crippen LogP contribution in [0.25, 0.3) is 0 Å². The number of hydrazine groups is 1. The number of methoxy groups -OCH3 is 2. The highest BCUT2D eigenvalue weighted by Crippen LogP contribution is 2.33. The van der Waals surface area contributed by atoms with Gasteiger partial charge in [0.05, 0.1) is 24.3 Å². The summed E-state index contributed by atoms with van der Waals surface area (Å²) in [6.45, 7) is 1.43. The fourth-order valence-corrected chi connectivity index (χ4v) is 2.74. The highest BCUT2D eigenvalue weighted by molar-refractivity contribution is 9.10. The van der Waals surface area contributed by atoms with Crippen LogP contribution in [0, 0.1) is 5.82 Å². The van der Waals surface area contributed by atoms with Gasteiger partial charge >= 0.3 is 0 Å². The van der Waals surface area contributed by atoms with E-state index in [0.717, 1.165) is 0 Å². The molecule has 0 bridgehead atoms. The molecule has 0 aliphatic heterocycles. The van der Waals surface area contributed by atoms with Crippen LogP contribution in [-0.4, -0.2) is 32.1 Å². The van der Waals surface area contributed by atoms with Crippen molar-refractivity contribution in [2.45, 2.75) is 13.0 Å². The van der Waals surface area contributed by atoms with Gasteiger partial charge in [-0.1, -0.05) is 12.1 Å². The summed E-state index contributed by atoms with van der Waals surface area (Å²) in [4.78, 5) is 24.5. The van der Waals surface area contributed by atoms with Crippen molar-refractivity contribution < 1.29 is 28.2 Å². The normalized spacial score (nSPS) is 11.3. The predicted octanol–water partition coefficient (Wildman–Crippen LogP) is 2.83. The van der Waals surface area contributed by atoms with Crippen molar-refractivity contribution in [2.75, 3.05) is 14.2 Å². The number of benzene rings is 2. The van der Waals surface area contributed by atoms with Gasteiger partial charge in [-0.05, 0) is 47.1 Å². The molecule has 144 valence electrons. The van der Waals surface area contributed by atoms with E-state index in [4.69, 9.17) is 14.2 Å². The van der Waals surface area contributed by atoms with Crippen LogP contribution in [0.3, 0.4) is 0 Å². The summed E-state index contributed by atoms with van der Waals surface area (Å²) in [7, 11) is 2.87. The fraction of sp³-hybridized carbons (Fsp3) is 0.222. The molecule has 0 saturated carbocycles. The summed E-state index contributed by atoms with van der Waals surface area (Å²) >= 11 is 3.29. The molecule has 2 rings (SSSR count). The Morgan fingerprint density at radius 1 is 1.11 bits per heavy atom. The first kappa shape index (κ1) is 20.5. The molecule has 27 heavy (non-hydrogen) atoms. The van der Waals surface area contributed by atoms with Gasteiger partial charge in [-0.3, -0.25) is 20.4 Å². The van der Waals surface area contributed by atoms with Crippen molar-refractivity contribution in [3.05, 3.63) is 52.3 Å². The van der Waals surface area contributed by atoms with Crippen LogP contribution in [0.15, 0.2) is 40.9 Å². The molecule has 7 nitrogen and oxygen atoms in total. The second kappa shape index (κ2) is 9.22. The van der Waals surface area contributed by atoms with Crippen molar-refractivity contribution in [1.82, 2.24) is 10.9 Å². The van der Waals surface area contributed by atoms with Gasteiger partial charge in [-0.15, -0.1) is 0 Å². The Labute approximate surface area is 163 Å². The van der Waals surface area contributed by atoms with Crippen molar-refractivity contribution in [3.63, 3.8) is 0 Å². The van der Waals surface area contributed by atoms with E-state index in [1.807, 2.05) is 0 Å². The minimum atomic E-state index is -1.04. The maximum Gasteiger partial charge on any atom is 0.279 e. The number of carbonyl (C=O) groups is 2. The van der Waals surface area contributed by atoms with Gasteiger partial charge in [-0.2, -0.15) is 0 Å². The number of hydrogen-bond donors (Lipinski definition) is 2. The quantitative estimate of drug-likeness (QED) is 0.674. The Hall–Kier alpha value is -2.81. The first-order chi connectivity index (χ1) is 12.9. The molecule has 2 aromatic carbocycles. The summed E-state index contributed by atoms with van der Waals surface area (Å²) < 4.78 is 29.7. The van der Waals surface area contributed by atoms with Crippen LogP contribution < -0.4 is 25.1 Å². The highest BCUT2D eigenvalue weighted by Gasteiger charge is 2.20. The molecule has 0 heterocycles. The van der Waals surface area contributed by atoms with E-state index >= 15 is 0 Å². The summed E-state index contributed by atoms with van der Waals surface area (Å²) in [6, 6.07) is 8.80. The van der Waals surface area contributed by atoms with Crippen molar-refractivity contribution >= 4 is 27.7 Å². The largest absolute Gasteiger partial charge is 0.497 e. The maximum atomic E-state index is 13.6. The average molecular weight is 441 g/mol. The van der Waals surface area contributed by atoms with E-state index in [1.54, 1.807) is 12.1 Å². The topological polar surface area (TPSA) is 85.9 Å². The van der Waals surface area contributed by atoms with Crippen LogP contribution in [-0.2, 0) is 4.79 Å². The molecule has 0 saturated heterocycles. The first-order valence-corrected chi connectivity index (χ1v) is 8.59. The molecular formula is C18H18BrFN2O5. The number of para-hydroxylation sites is 1. The molecule has 0 spiro atoms. The number of rotatable bonds is 6. The van der Waals surface area contributed by atoms with Gasteiger partial charge in [0.25, 0.3) is 11.8 Å². The molecule has 1 unspecified atom stereocenters. The van der Waals surface area contributed by atoms with Gasteiger partial charge in [0, 0.05) is 0 Å². The standard InChI is InChI=1S/C18H18BrFN2O5/c1-10(27-15-7-5-4-6-14(15)20)17(23)21-22-18(24)12-8-11(25-2)9-13(19)16(12)26-3/h4-10H,1-3H3,(H,21,23)(H,22,24). The fourth-order valence-electron chi connectivity index (χ4n) is 2.13. The van der Waals surface area contributed by atoms with Crippen LogP contribution in [0.1, 0.15) is 17.3 Å². The van der Waals surface area contributed by atoms with Crippen molar-refractivity contribution in [3.8, 4) is 17.2 Å². The molecule has 2 amide bonds. The van der Waals surface area contributed by atoms with Crippen LogP contribution in [0.4, 0.5) is 4.39 Å². The molecule has 0 aromatic heterocycles. The summed E-state index contributed by atoms with van der Waals surface area (Å²) in [5, 5.41) is 0. The number of hydrogen-bond acceptors (Lipinski definition) is 5. The third-order valence-electron chi connectivity index (χ3n) is 3.51. The maximum absolute atomic E-state index is 13.6. The monoisotopic (exact) mass is 440 g/mol. The Kier molecular flexibility index (Phi) is 7.00. The lowest BCUT2D eigenvalue weighted by atomic mass is 10.2. The SMILES string of the molecule is COc1cc(Br)c(OC)c(C(=O)NNC(=O)C(C)Oc2ccccc2F)c1. The van der Waals surface area contributed by atoms with Gasteiger partial charge in [0.2, 0.25) is 0 Å². The zero-order valence-electron chi connectivity index (χ0n) is 14.8. The van der Waals surface area contributed by atoms with Crippen molar-refractivity contribution in [1.29, 1.82) is 0 Å². The van der Waals surface area contributed by atoms with Gasteiger partial charge in [0.15, 0.2) is 17.7 Å². The van der Waals surface area contributed by atoms with Crippen molar-refractivity contribution in [2.24, 2.45) is 0 Å². The zero-order chi connectivity index (χ0) is 20.0. The summed E-state index contributed by atoms with van der Waals surface area (Å²) in [5.41, 5.74) is 4.64. The second-order valence-corrected chi connectivity index (χ2v) is 6.18. The Morgan fingerprint density at radius 2 is 1.81 bits per heavy atom. The number of amides is 2. The number of halogens is 2. The molecule has 0 aliphatic carbocycles. The lowest BCUT2D eigenvalue weighted by molar-refractivity contribution is -0.128. The predicted molar refractivity (Wildman–Crippen MR) is 99.3 cm³/mol. The van der Waals surface area contributed by atoms with E-state index < -0.39 is 23.7 Å². The molecule has 0 aliphatic rings. The Morgan fingerprint density at radius 3 is 2.44 bits per heavy atom. The molecule has 0 fully saturated rings. The molecule has 9 heteroatoms. The zero-order valence-corrected chi connectivity index (χ0v) is 16.4. The number of ether oxygens (including phenoxy) is 3. The minimum absolute atomic E-state index is 0.0649. The summed E-state index contributed by atoms with van der Waals surface area (Å²) in [5.74, 6) is -1.24. The summed E-state index contributed by atoms with van der Waals surface area (Å²) in [6.07, 6.45) is -1.04. The molecule has 0 radical (unpaired) electrons. The van der Waals surface area contributed by atoms with E-state index in [-0.39, 0.29) is 17.1 Å². The van der Waals surface area contributed by atoms with Gasteiger partial charge in [0.1, 0.15) is 11.5 Å². The third-order valence-corrected chi connectivity index (χ3v) is 4.10. The smallest absolute Gasteiger partial charge is 0.279 e. The van der Waals surface area contributed by atoms with Crippen LogP contribution in [0.2, 0.25) is 0 Å². The van der Waals surface area contributed by atoms with Crippen LogP contribution in [0.5, 0.6) is 17.2 Å². The second-order valence-electron chi connectivity index (χ2n) is 5.32. The van der Waals surface area contributed by atoms with E-state index in [1.165, 1.54) is 45.4 Å². The highest BCUT2D eigenvalue weighted by atomic mass is 79.9. The lowest BCUT2D eigenvalue weighted by Gasteiger charge is -2.16. The molecule has 1 atom stereocenters. The van der Waals surface area contributed by atoms with E-state index in [2.05, 4.69) is 26.8 Å². The Bertz CT molecular complexity index is 846.